The van der Waals surface area contributed by atoms with Crippen LogP contribution < -0.4 is 4.74 Å². The summed E-state index contributed by atoms with van der Waals surface area (Å²) in [6, 6.07) is 4.14. The van der Waals surface area contributed by atoms with E-state index in [1.54, 1.807) is 0 Å². The molecule has 0 amide bonds. The molecule has 2 rings (SSSR count). The molecule has 2 nitrogen and oxygen atoms in total. The van der Waals surface area contributed by atoms with Gasteiger partial charge in [-0.2, -0.15) is 0 Å². The average molecular weight is 247 g/mol. The van der Waals surface area contributed by atoms with Gasteiger partial charge < -0.3 is 4.74 Å². The minimum atomic E-state index is 0.272. The standard InChI is InChI=1S/C16H25NO/c1-16(2,3)11-14-9-6-10-17-15(14)18-12-13-7-4-5-8-13/h6,9-10,13H,4-5,7-8,11-12H2,1-3H3. The third-order valence-corrected chi connectivity index (χ3v) is 3.50. The van der Waals surface area contributed by atoms with E-state index in [2.05, 4.69) is 31.8 Å². The van der Waals surface area contributed by atoms with Gasteiger partial charge in [0.2, 0.25) is 5.88 Å². The van der Waals surface area contributed by atoms with Crippen LogP contribution in [0.15, 0.2) is 18.3 Å². The first-order valence-electron chi connectivity index (χ1n) is 7.11. The largest absolute Gasteiger partial charge is 0.477 e. The van der Waals surface area contributed by atoms with Crippen LogP contribution in [0.2, 0.25) is 0 Å². The monoisotopic (exact) mass is 247 g/mol. The number of nitrogens with zero attached hydrogens (tertiary/aromatic N) is 1. The molecule has 0 aliphatic heterocycles. The van der Waals surface area contributed by atoms with Crippen LogP contribution in [0.1, 0.15) is 52.0 Å². The highest BCUT2D eigenvalue weighted by molar-refractivity contribution is 5.26. The minimum Gasteiger partial charge on any atom is -0.477 e. The van der Waals surface area contributed by atoms with Crippen LogP contribution in [0.4, 0.5) is 0 Å². The quantitative estimate of drug-likeness (QED) is 0.794. The molecule has 0 spiro atoms. The highest BCUT2D eigenvalue weighted by Gasteiger charge is 2.18. The number of ether oxygens (including phenoxy) is 1. The minimum absolute atomic E-state index is 0.272. The van der Waals surface area contributed by atoms with Gasteiger partial charge >= 0.3 is 0 Å². The van der Waals surface area contributed by atoms with Crippen LogP contribution in [0.5, 0.6) is 5.88 Å². The molecule has 0 unspecified atom stereocenters. The summed E-state index contributed by atoms with van der Waals surface area (Å²) in [6.07, 6.45) is 8.22. The Morgan fingerprint density at radius 2 is 2.00 bits per heavy atom. The van der Waals surface area contributed by atoms with Gasteiger partial charge in [0.05, 0.1) is 6.61 Å². The molecule has 1 aliphatic rings. The normalized spacial score (nSPS) is 17.1. The average Bonchev–Trinajstić information content (AvgIpc) is 2.79. The predicted octanol–water partition coefficient (Wildman–Crippen LogP) is 4.24. The lowest BCUT2D eigenvalue weighted by Gasteiger charge is -2.20. The Morgan fingerprint density at radius 1 is 1.28 bits per heavy atom. The molecule has 1 heterocycles. The highest BCUT2D eigenvalue weighted by atomic mass is 16.5. The third kappa shape index (κ3) is 4.01. The van der Waals surface area contributed by atoms with E-state index in [9.17, 15) is 0 Å². The van der Waals surface area contributed by atoms with Crippen LogP contribution in [-0.4, -0.2) is 11.6 Å². The molecular weight excluding hydrogens is 222 g/mol. The second-order valence-electron chi connectivity index (χ2n) is 6.67. The predicted molar refractivity (Wildman–Crippen MR) is 74.8 cm³/mol. The Hall–Kier alpha value is -1.05. The number of hydrogen-bond acceptors (Lipinski definition) is 2. The molecule has 1 aromatic rings. The van der Waals surface area contributed by atoms with E-state index < -0.39 is 0 Å². The van der Waals surface area contributed by atoms with Crippen molar-refractivity contribution in [1.82, 2.24) is 4.98 Å². The van der Waals surface area contributed by atoms with Crippen LogP contribution in [0.3, 0.4) is 0 Å². The molecule has 0 saturated heterocycles. The Kier molecular flexibility index (Phi) is 4.26. The molecule has 0 bridgehead atoms. The Labute approximate surface area is 111 Å². The van der Waals surface area contributed by atoms with E-state index >= 15 is 0 Å². The van der Waals surface area contributed by atoms with Gasteiger partial charge in [-0.15, -0.1) is 0 Å². The number of aromatic nitrogens is 1. The van der Waals surface area contributed by atoms with E-state index in [1.807, 2.05) is 12.3 Å². The van der Waals surface area contributed by atoms with Crippen molar-refractivity contribution in [3.05, 3.63) is 23.9 Å². The molecule has 0 radical (unpaired) electrons. The summed E-state index contributed by atoms with van der Waals surface area (Å²) in [5, 5.41) is 0. The smallest absolute Gasteiger partial charge is 0.216 e. The van der Waals surface area contributed by atoms with Gasteiger partial charge in [-0.05, 0) is 36.7 Å². The van der Waals surface area contributed by atoms with Crippen LogP contribution >= 0.6 is 0 Å². The lowest BCUT2D eigenvalue weighted by atomic mass is 9.88. The van der Waals surface area contributed by atoms with Crippen LogP contribution in [-0.2, 0) is 6.42 Å². The van der Waals surface area contributed by atoms with E-state index in [0.717, 1.165) is 24.8 Å². The van der Waals surface area contributed by atoms with E-state index in [4.69, 9.17) is 4.74 Å². The molecule has 0 atom stereocenters. The van der Waals surface area contributed by atoms with Gasteiger partial charge in [0, 0.05) is 11.8 Å². The summed E-state index contributed by atoms with van der Waals surface area (Å²) in [5.41, 5.74) is 1.51. The van der Waals surface area contributed by atoms with Crippen molar-refractivity contribution < 1.29 is 4.74 Å². The molecule has 1 aromatic heterocycles. The second kappa shape index (κ2) is 5.73. The van der Waals surface area contributed by atoms with Gasteiger partial charge in [0.25, 0.3) is 0 Å². The fourth-order valence-corrected chi connectivity index (χ4v) is 2.63. The van der Waals surface area contributed by atoms with Gasteiger partial charge in [-0.25, -0.2) is 4.98 Å². The fraction of sp³-hybridized carbons (Fsp3) is 0.688. The van der Waals surface area contributed by atoms with Gasteiger partial charge in [0.1, 0.15) is 0 Å². The molecule has 1 saturated carbocycles. The number of hydrogen-bond donors (Lipinski definition) is 0. The van der Waals surface area contributed by atoms with Gasteiger partial charge in [0.15, 0.2) is 0 Å². The summed E-state index contributed by atoms with van der Waals surface area (Å²) in [7, 11) is 0. The maximum Gasteiger partial charge on any atom is 0.216 e. The van der Waals surface area contributed by atoms with Crippen molar-refractivity contribution in [2.75, 3.05) is 6.61 Å². The van der Waals surface area contributed by atoms with Crippen molar-refractivity contribution >= 4 is 0 Å². The first-order chi connectivity index (χ1) is 8.54. The first-order valence-corrected chi connectivity index (χ1v) is 7.11. The van der Waals surface area contributed by atoms with Crippen molar-refractivity contribution in [2.24, 2.45) is 11.3 Å². The number of rotatable bonds is 4. The summed E-state index contributed by atoms with van der Waals surface area (Å²) < 4.78 is 5.96. The van der Waals surface area contributed by atoms with Gasteiger partial charge in [-0.1, -0.05) is 39.7 Å². The Bertz CT molecular complexity index is 375. The van der Waals surface area contributed by atoms with Gasteiger partial charge in [-0.3, -0.25) is 0 Å². The molecule has 0 N–H and O–H groups in total. The second-order valence-corrected chi connectivity index (χ2v) is 6.67. The maximum atomic E-state index is 5.96. The van der Waals surface area contributed by atoms with Crippen molar-refractivity contribution in [3.8, 4) is 5.88 Å². The molecule has 0 aromatic carbocycles. The van der Waals surface area contributed by atoms with E-state index in [1.165, 1.54) is 31.2 Å². The SMILES string of the molecule is CC(C)(C)Cc1cccnc1OCC1CCCC1. The molecule has 2 heteroatoms. The summed E-state index contributed by atoms with van der Waals surface area (Å²) in [5.74, 6) is 1.59. The summed E-state index contributed by atoms with van der Waals surface area (Å²) in [4.78, 5) is 4.40. The highest BCUT2D eigenvalue weighted by Crippen LogP contribution is 2.28. The zero-order chi connectivity index (χ0) is 13.0. The van der Waals surface area contributed by atoms with Crippen molar-refractivity contribution in [3.63, 3.8) is 0 Å². The van der Waals surface area contributed by atoms with Crippen molar-refractivity contribution in [1.29, 1.82) is 0 Å². The maximum absolute atomic E-state index is 5.96. The van der Waals surface area contributed by atoms with Crippen LogP contribution in [0.25, 0.3) is 0 Å². The Morgan fingerprint density at radius 3 is 2.67 bits per heavy atom. The third-order valence-electron chi connectivity index (χ3n) is 3.50. The topological polar surface area (TPSA) is 22.1 Å². The molecular formula is C16H25NO. The molecule has 1 aliphatic carbocycles. The summed E-state index contributed by atoms with van der Waals surface area (Å²) in [6.45, 7) is 7.59. The van der Waals surface area contributed by atoms with E-state index in [-0.39, 0.29) is 5.41 Å². The fourth-order valence-electron chi connectivity index (χ4n) is 2.63. The first kappa shape index (κ1) is 13.4. The lowest BCUT2D eigenvalue weighted by Crippen LogP contribution is -2.14. The zero-order valence-electron chi connectivity index (χ0n) is 11.9. The Balaban J connectivity index is 1.98. The van der Waals surface area contributed by atoms with E-state index in [0.29, 0.717) is 0 Å². The zero-order valence-corrected chi connectivity index (χ0v) is 11.9. The summed E-state index contributed by atoms with van der Waals surface area (Å²) >= 11 is 0. The van der Waals surface area contributed by atoms with Crippen molar-refractivity contribution in [2.45, 2.75) is 52.9 Å². The lowest BCUT2D eigenvalue weighted by molar-refractivity contribution is 0.238. The number of pyridine rings is 1. The molecule has 18 heavy (non-hydrogen) atoms. The molecule has 100 valence electrons. The molecule has 1 fully saturated rings. The van der Waals surface area contributed by atoms with Crippen LogP contribution in [0, 0.1) is 11.3 Å².